The van der Waals surface area contributed by atoms with Gasteiger partial charge in [0.15, 0.2) is 0 Å². The number of unbranched alkanes of at least 4 members (excludes halogenated alkanes) is 1. The first kappa shape index (κ1) is 18.1. The molecule has 0 heterocycles. The predicted molar refractivity (Wildman–Crippen MR) is 67.5 cm³/mol. The molecule has 0 aliphatic rings. The van der Waals surface area contributed by atoms with Crippen LogP contribution in [-0.4, -0.2) is 17.0 Å². The monoisotopic (exact) mass is 244 g/mol. The van der Waals surface area contributed by atoms with Gasteiger partial charge in [-0.05, 0) is 12.8 Å². The smallest absolute Gasteiger partial charge is 0.307 e. The molecule has 0 aromatic rings. The molecule has 100 valence electrons. The summed E-state index contributed by atoms with van der Waals surface area (Å²) in [5.41, 5.74) is 0. The summed E-state index contributed by atoms with van der Waals surface area (Å²) in [6.45, 7) is 8.60. The lowest BCUT2D eigenvalue weighted by Gasteiger charge is -2.08. The topological polar surface area (TPSA) is 63.6 Å². The Bertz CT molecular complexity index is 223. The highest BCUT2D eigenvalue weighted by molar-refractivity contribution is 5.69. The van der Waals surface area contributed by atoms with Crippen molar-refractivity contribution < 1.29 is 19.4 Å². The number of carbonyl (C=O) groups excluding carboxylic acids is 1. The average molecular weight is 244 g/mol. The summed E-state index contributed by atoms with van der Waals surface area (Å²) < 4.78 is 4.17. The van der Waals surface area contributed by atoms with Gasteiger partial charge in [0.2, 0.25) is 0 Å². The van der Waals surface area contributed by atoms with E-state index in [0.29, 0.717) is 0 Å². The molecular formula is C13H24O4. The molecule has 1 atom stereocenters. The second-order valence-corrected chi connectivity index (χ2v) is 3.74. The van der Waals surface area contributed by atoms with Crippen molar-refractivity contribution in [2.45, 2.75) is 52.9 Å². The fourth-order valence-corrected chi connectivity index (χ4v) is 1.31. The molecule has 0 aromatic carbocycles. The van der Waals surface area contributed by atoms with Crippen LogP contribution in [0.15, 0.2) is 12.8 Å². The second kappa shape index (κ2) is 12.7. The van der Waals surface area contributed by atoms with Gasteiger partial charge < -0.3 is 9.84 Å². The number of carbonyl (C=O) groups is 2. The predicted octanol–water partition coefficient (Wildman–Crippen LogP) is 3.37. The molecule has 0 spiro atoms. The lowest BCUT2D eigenvalue weighted by molar-refractivity contribution is -0.142. The van der Waals surface area contributed by atoms with E-state index in [4.69, 9.17) is 5.11 Å². The van der Waals surface area contributed by atoms with E-state index in [1.165, 1.54) is 6.92 Å². The summed E-state index contributed by atoms with van der Waals surface area (Å²) in [5.74, 6) is -1.05. The summed E-state index contributed by atoms with van der Waals surface area (Å²) in [7, 11) is 0. The third kappa shape index (κ3) is 14.7. The van der Waals surface area contributed by atoms with Crippen molar-refractivity contribution in [2.24, 2.45) is 5.92 Å². The number of hydrogen-bond acceptors (Lipinski definition) is 3. The Hall–Kier alpha value is -1.32. The van der Waals surface area contributed by atoms with Crippen LogP contribution in [0.25, 0.3) is 0 Å². The summed E-state index contributed by atoms with van der Waals surface area (Å²) in [6, 6.07) is 0. The molecule has 0 rings (SSSR count). The number of rotatable bonds is 7. The molecule has 17 heavy (non-hydrogen) atoms. The third-order valence-corrected chi connectivity index (χ3v) is 2.14. The fourth-order valence-electron chi connectivity index (χ4n) is 1.31. The van der Waals surface area contributed by atoms with E-state index in [1.54, 1.807) is 0 Å². The van der Waals surface area contributed by atoms with E-state index < -0.39 is 5.97 Å². The lowest BCUT2D eigenvalue weighted by Crippen LogP contribution is -2.12. The minimum Gasteiger partial charge on any atom is -0.481 e. The minimum atomic E-state index is -0.625. The van der Waals surface area contributed by atoms with E-state index in [-0.39, 0.29) is 11.9 Å². The lowest BCUT2D eigenvalue weighted by atomic mass is 9.97. The molecule has 1 N–H and O–H groups in total. The van der Waals surface area contributed by atoms with Gasteiger partial charge in [0.1, 0.15) is 0 Å². The zero-order chi connectivity index (χ0) is 13.7. The van der Waals surface area contributed by atoms with Gasteiger partial charge in [-0.25, -0.2) is 0 Å². The molecule has 0 amide bonds. The second-order valence-electron chi connectivity index (χ2n) is 3.74. The van der Waals surface area contributed by atoms with Crippen LogP contribution in [0.5, 0.6) is 0 Å². The maximum absolute atomic E-state index is 10.6. The molecule has 0 bridgehead atoms. The van der Waals surface area contributed by atoms with Gasteiger partial charge in [-0.2, -0.15) is 0 Å². The molecule has 0 fully saturated rings. The third-order valence-electron chi connectivity index (χ3n) is 2.14. The van der Waals surface area contributed by atoms with Crippen LogP contribution in [0.2, 0.25) is 0 Å². The minimum absolute atomic E-state index is 0.0973. The van der Waals surface area contributed by atoms with Crippen LogP contribution in [0.4, 0.5) is 0 Å². The van der Waals surface area contributed by atoms with Crippen LogP contribution >= 0.6 is 0 Å². The van der Waals surface area contributed by atoms with Gasteiger partial charge in [0.05, 0.1) is 12.2 Å². The van der Waals surface area contributed by atoms with Crippen LogP contribution in [0.3, 0.4) is 0 Å². The Morgan fingerprint density at radius 2 is 1.88 bits per heavy atom. The van der Waals surface area contributed by atoms with Gasteiger partial charge in [-0.3, -0.25) is 9.59 Å². The highest BCUT2D eigenvalue weighted by Crippen LogP contribution is 2.14. The van der Waals surface area contributed by atoms with Crippen molar-refractivity contribution in [2.75, 3.05) is 0 Å². The van der Waals surface area contributed by atoms with Crippen molar-refractivity contribution in [3.8, 4) is 0 Å². The molecule has 1 unspecified atom stereocenters. The zero-order valence-electron chi connectivity index (χ0n) is 11.1. The van der Waals surface area contributed by atoms with E-state index >= 15 is 0 Å². The van der Waals surface area contributed by atoms with Crippen LogP contribution in [0, 0.1) is 5.92 Å². The number of carboxylic acid groups (broad SMARTS) is 1. The Morgan fingerprint density at radius 1 is 1.29 bits per heavy atom. The molecule has 4 nitrogen and oxygen atoms in total. The molecule has 0 saturated heterocycles. The van der Waals surface area contributed by atoms with Crippen LogP contribution < -0.4 is 0 Å². The van der Waals surface area contributed by atoms with Gasteiger partial charge in [0, 0.05) is 6.92 Å². The standard InChI is InChI=1S/C9H18O2.C4H6O2/c1-3-5-7-8(6-4-2)9(10)11;1-3-6-4(2)5/h8H,3-7H2,1-2H3,(H,10,11);3H,1H2,2H3. The Morgan fingerprint density at radius 3 is 2.12 bits per heavy atom. The molecule has 0 saturated carbocycles. The van der Waals surface area contributed by atoms with Gasteiger partial charge in [-0.15, -0.1) is 0 Å². The first-order valence-electron chi connectivity index (χ1n) is 6.00. The van der Waals surface area contributed by atoms with Gasteiger partial charge >= 0.3 is 11.9 Å². The number of aliphatic carboxylic acids is 1. The SMILES string of the molecule is C=COC(C)=O.CCCCC(CCC)C(=O)O. The first-order chi connectivity index (χ1) is 7.99. The van der Waals surface area contributed by atoms with E-state index in [2.05, 4.69) is 18.2 Å². The highest BCUT2D eigenvalue weighted by atomic mass is 16.5. The summed E-state index contributed by atoms with van der Waals surface area (Å²) in [4.78, 5) is 20.3. The maximum Gasteiger partial charge on any atom is 0.307 e. The fraction of sp³-hybridized carbons (Fsp3) is 0.692. The highest BCUT2D eigenvalue weighted by Gasteiger charge is 2.14. The van der Waals surface area contributed by atoms with Crippen molar-refractivity contribution in [1.82, 2.24) is 0 Å². The Balaban J connectivity index is 0. The zero-order valence-corrected chi connectivity index (χ0v) is 11.1. The molecule has 0 aromatic heterocycles. The molecular weight excluding hydrogens is 220 g/mol. The molecule has 4 heteroatoms. The molecule has 0 aliphatic carbocycles. The van der Waals surface area contributed by atoms with Crippen molar-refractivity contribution in [1.29, 1.82) is 0 Å². The largest absolute Gasteiger partial charge is 0.481 e. The number of carboxylic acids is 1. The van der Waals surface area contributed by atoms with Crippen molar-refractivity contribution in [3.05, 3.63) is 12.8 Å². The number of hydrogen-bond donors (Lipinski definition) is 1. The van der Waals surface area contributed by atoms with Gasteiger partial charge in [0.25, 0.3) is 0 Å². The van der Waals surface area contributed by atoms with E-state index in [0.717, 1.165) is 38.4 Å². The van der Waals surface area contributed by atoms with Gasteiger partial charge in [-0.1, -0.05) is 39.7 Å². The van der Waals surface area contributed by atoms with Crippen LogP contribution in [0.1, 0.15) is 52.9 Å². The van der Waals surface area contributed by atoms with E-state index in [9.17, 15) is 9.59 Å². The Kier molecular flexibility index (Phi) is 13.5. The maximum atomic E-state index is 10.6. The molecule has 0 aliphatic heterocycles. The number of ether oxygens (including phenoxy) is 1. The summed E-state index contributed by atoms with van der Waals surface area (Å²) in [5, 5.41) is 8.73. The van der Waals surface area contributed by atoms with Crippen LogP contribution in [-0.2, 0) is 14.3 Å². The summed E-state index contributed by atoms with van der Waals surface area (Å²) >= 11 is 0. The normalized spacial score (nSPS) is 10.8. The van der Waals surface area contributed by atoms with E-state index in [1.807, 2.05) is 6.92 Å². The number of esters is 1. The van der Waals surface area contributed by atoms with Crippen molar-refractivity contribution >= 4 is 11.9 Å². The quantitative estimate of drug-likeness (QED) is 0.551. The Labute approximate surface area is 104 Å². The molecule has 0 radical (unpaired) electrons. The average Bonchev–Trinajstić information content (AvgIpc) is 2.24. The van der Waals surface area contributed by atoms with Crippen molar-refractivity contribution in [3.63, 3.8) is 0 Å². The summed E-state index contributed by atoms with van der Waals surface area (Å²) in [6.07, 6.45) is 5.88. The first-order valence-corrected chi connectivity index (χ1v) is 6.00.